The van der Waals surface area contributed by atoms with Gasteiger partial charge in [-0.3, -0.25) is 4.79 Å². The number of aliphatic hydroxyl groups is 7. The van der Waals surface area contributed by atoms with Crippen LogP contribution in [0, 0.1) is 0 Å². The van der Waals surface area contributed by atoms with E-state index in [0.717, 1.165) is 44.9 Å². The Hall–Kier alpha value is -1.53. The average Bonchev–Trinajstić information content (AvgIpc) is 3.33. The van der Waals surface area contributed by atoms with E-state index in [9.17, 15) is 40.5 Å². The van der Waals surface area contributed by atoms with Crippen LogP contribution >= 0.6 is 0 Å². The molecule has 0 saturated carbocycles. The molecule has 2 aliphatic rings. The van der Waals surface area contributed by atoms with Crippen molar-refractivity contribution in [3.05, 3.63) is 24.3 Å². The standard InChI is InChI=1S/C54H100O14/c1-3-5-7-9-11-13-14-15-16-17-18-19-20-21-22-23-24-25-26-27-28-29-31-33-35-37-46(56)66-43(40-63-38-36-34-32-30-12-10-8-6-4-2)41-64-53-52(62)50(60)48(58)45(68-53)42-65-54-51(61)49(59)47(57)44(39-55)67-54/h14-15,17-18,43-45,47-55,57-62H,3-13,16,19-42H2,1-2H3/b15-14-,18-17-. The molecule has 68 heavy (non-hydrogen) atoms. The summed E-state index contributed by atoms with van der Waals surface area (Å²) in [5.74, 6) is -0.375. The van der Waals surface area contributed by atoms with Crippen LogP contribution in [-0.4, -0.2) is 142 Å². The molecule has 7 N–H and O–H groups in total. The largest absolute Gasteiger partial charge is 0.457 e. The molecule has 2 aliphatic heterocycles. The van der Waals surface area contributed by atoms with Crippen molar-refractivity contribution in [2.75, 3.05) is 33.0 Å². The Morgan fingerprint density at radius 1 is 0.485 bits per heavy atom. The molecule has 400 valence electrons. The lowest BCUT2D eigenvalue weighted by atomic mass is 9.98. The highest BCUT2D eigenvalue weighted by Gasteiger charge is 2.47. The molecule has 0 aromatic carbocycles. The van der Waals surface area contributed by atoms with Crippen LogP contribution in [-0.2, 0) is 33.2 Å². The number of carbonyl (C=O) groups is 1. The molecule has 0 aromatic rings. The molecule has 0 aliphatic carbocycles. The van der Waals surface area contributed by atoms with E-state index in [2.05, 4.69) is 38.2 Å². The molecule has 11 unspecified atom stereocenters. The summed E-state index contributed by atoms with van der Waals surface area (Å²) in [6, 6.07) is 0. The van der Waals surface area contributed by atoms with Crippen LogP contribution < -0.4 is 0 Å². The van der Waals surface area contributed by atoms with Crippen LogP contribution in [0.4, 0.5) is 0 Å². The van der Waals surface area contributed by atoms with Gasteiger partial charge in [0.1, 0.15) is 54.9 Å². The molecule has 2 heterocycles. The Morgan fingerprint density at radius 2 is 0.912 bits per heavy atom. The summed E-state index contributed by atoms with van der Waals surface area (Å²) >= 11 is 0. The van der Waals surface area contributed by atoms with Crippen molar-refractivity contribution < 1.29 is 69.0 Å². The Morgan fingerprint density at radius 3 is 1.41 bits per heavy atom. The Kier molecular flexibility index (Phi) is 38.7. The third-order valence-corrected chi connectivity index (χ3v) is 13.2. The summed E-state index contributed by atoms with van der Waals surface area (Å²) in [4.78, 5) is 13.0. The van der Waals surface area contributed by atoms with Crippen molar-refractivity contribution in [1.29, 1.82) is 0 Å². The maximum absolute atomic E-state index is 13.0. The topological polar surface area (TPSA) is 214 Å². The van der Waals surface area contributed by atoms with Gasteiger partial charge in [-0.25, -0.2) is 0 Å². The van der Waals surface area contributed by atoms with Crippen molar-refractivity contribution in [2.45, 2.75) is 280 Å². The minimum absolute atomic E-state index is 0.0651. The van der Waals surface area contributed by atoms with Crippen molar-refractivity contribution >= 4 is 5.97 Å². The second-order valence-corrected chi connectivity index (χ2v) is 19.4. The second kappa shape index (κ2) is 42.0. The minimum Gasteiger partial charge on any atom is -0.457 e. The van der Waals surface area contributed by atoms with Gasteiger partial charge in [-0.15, -0.1) is 0 Å². The maximum atomic E-state index is 13.0. The third kappa shape index (κ3) is 29.1. The summed E-state index contributed by atoms with van der Waals surface area (Å²) in [5.41, 5.74) is 0. The van der Waals surface area contributed by atoms with E-state index in [4.69, 9.17) is 28.4 Å². The maximum Gasteiger partial charge on any atom is 0.306 e. The summed E-state index contributed by atoms with van der Waals surface area (Å²) < 4.78 is 34.2. The predicted octanol–water partition coefficient (Wildman–Crippen LogP) is 8.80. The fraction of sp³-hybridized carbons (Fsp3) is 0.907. The number of allylic oxidation sites excluding steroid dienone is 4. The SMILES string of the molecule is CCCCCCC/C=C\C/C=C\CCCCCCCCCCCCCCCC(=O)OC(COCCCCCCCCCCC)COC1OC(COC2OC(CO)C(O)C(O)C2O)C(O)C(O)C1O. The van der Waals surface area contributed by atoms with E-state index in [1.54, 1.807) is 0 Å². The van der Waals surface area contributed by atoms with Gasteiger partial charge in [-0.1, -0.05) is 186 Å². The van der Waals surface area contributed by atoms with Gasteiger partial charge in [0, 0.05) is 13.0 Å². The highest BCUT2D eigenvalue weighted by Crippen LogP contribution is 2.26. The summed E-state index contributed by atoms with van der Waals surface area (Å²) in [6.07, 6.45) is 29.7. The summed E-state index contributed by atoms with van der Waals surface area (Å²) in [5, 5.41) is 72.1. The highest BCUT2D eigenvalue weighted by molar-refractivity contribution is 5.69. The zero-order chi connectivity index (χ0) is 49.5. The molecule has 0 radical (unpaired) electrons. The quantitative estimate of drug-likeness (QED) is 0.0173. The van der Waals surface area contributed by atoms with Gasteiger partial charge in [-0.05, 0) is 44.9 Å². The molecule has 0 bridgehead atoms. The first-order chi connectivity index (χ1) is 33.1. The lowest BCUT2D eigenvalue weighted by Gasteiger charge is -2.42. The molecule has 11 atom stereocenters. The van der Waals surface area contributed by atoms with Crippen LogP contribution in [0.15, 0.2) is 24.3 Å². The number of unbranched alkanes of at least 4 members (excludes halogenated alkanes) is 26. The molecule has 0 amide bonds. The zero-order valence-electron chi connectivity index (χ0n) is 42.6. The number of hydrogen-bond donors (Lipinski definition) is 7. The number of hydrogen-bond acceptors (Lipinski definition) is 14. The normalized spacial score (nSPS) is 26.0. The lowest BCUT2D eigenvalue weighted by Crippen LogP contribution is -2.61. The van der Waals surface area contributed by atoms with Crippen LogP contribution in [0.1, 0.15) is 213 Å². The molecule has 0 spiro atoms. The van der Waals surface area contributed by atoms with Gasteiger partial charge in [0.2, 0.25) is 0 Å². The highest BCUT2D eigenvalue weighted by atomic mass is 16.7. The molecule has 0 aromatic heterocycles. The smallest absolute Gasteiger partial charge is 0.306 e. The van der Waals surface area contributed by atoms with Gasteiger partial charge >= 0.3 is 5.97 Å². The zero-order valence-corrected chi connectivity index (χ0v) is 42.6. The van der Waals surface area contributed by atoms with Crippen LogP contribution in [0.3, 0.4) is 0 Å². The van der Waals surface area contributed by atoms with E-state index in [-0.39, 0.29) is 25.6 Å². The monoisotopic (exact) mass is 973 g/mol. The average molecular weight is 973 g/mol. The van der Waals surface area contributed by atoms with Gasteiger partial charge in [0.25, 0.3) is 0 Å². The van der Waals surface area contributed by atoms with Crippen LogP contribution in [0.5, 0.6) is 0 Å². The summed E-state index contributed by atoms with van der Waals surface area (Å²) in [6.45, 7) is 3.68. The van der Waals surface area contributed by atoms with Crippen molar-refractivity contribution in [3.63, 3.8) is 0 Å². The Labute approximate surface area is 411 Å². The van der Waals surface area contributed by atoms with Crippen molar-refractivity contribution in [2.24, 2.45) is 0 Å². The molecular formula is C54H100O14. The number of aliphatic hydroxyl groups excluding tert-OH is 7. The molecule has 14 heteroatoms. The van der Waals surface area contributed by atoms with Crippen molar-refractivity contribution in [3.8, 4) is 0 Å². The first-order valence-corrected chi connectivity index (χ1v) is 27.4. The van der Waals surface area contributed by atoms with Crippen molar-refractivity contribution in [1.82, 2.24) is 0 Å². The number of carbonyl (C=O) groups excluding carboxylic acids is 1. The Bertz CT molecular complexity index is 1220. The van der Waals surface area contributed by atoms with E-state index >= 15 is 0 Å². The van der Waals surface area contributed by atoms with E-state index < -0.39 is 80.7 Å². The number of rotatable bonds is 44. The van der Waals surface area contributed by atoms with Gasteiger partial charge in [0.15, 0.2) is 12.6 Å². The fourth-order valence-electron chi connectivity index (χ4n) is 8.73. The van der Waals surface area contributed by atoms with E-state index in [1.165, 1.54) is 141 Å². The first-order valence-electron chi connectivity index (χ1n) is 27.4. The predicted molar refractivity (Wildman–Crippen MR) is 266 cm³/mol. The minimum atomic E-state index is -1.70. The second-order valence-electron chi connectivity index (χ2n) is 19.4. The van der Waals surface area contributed by atoms with E-state index in [0.29, 0.717) is 13.0 Å². The van der Waals surface area contributed by atoms with Gasteiger partial charge in [-0.2, -0.15) is 0 Å². The number of esters is 1. The lowest BCUT2D eigenvalue weighted by molar-refractivity contribution is -0.332. The first kappa shape index (κ1) is 62.6. The van der Waals surface area contributed by atoms with Crippen LogP contribution in [0.25, 0.3) is 0 Å². The van der Waals surface area contributed by atoms with Gasteiger partial charge in [0.05, 0.1) is 26.4 Å². The molecule has 2 rings (SSSR count). The fourth-order valence-corrected chi connectivity index (χ4v) is 8.73. The van der Waals surface area contributed by atoms with Crippen LogP contribution in [0.2, 0.25) is 0 Å². The van der Waals surface area contributed by atoms with Gasteiger partial charge < -0.3 is 64.2 Å². The molecule has 14 nitrogen and oxygen atoms in total. The summed E-state index contributed by atoms with van der Waals surface area (Å²) in [7, 11) is 0. The Balaban J connectivity index is 1.66. The van der Waals surface area contributed by atoms with E-state index in [1.807, 2.05) is 0 Å². The third-order valence-electron chi connectivity index (χ3n) is 13.2. The molecule has 2 saturated heterocycles. The number of ether oxygens (including phenoxy) is 6. The molecule has 2 fully saturated rings. The molecular weight excluding hydrogens is 873 g/mol.